The Labute approximate surface area is 121 Å². The Balaban J connectivity index is 1.77. The maximum atomic E-state index is 9.99. The first-order valence-electron chi connectivity index (χ1n) is 6.30. The maximum Gasteiger partial charge on any atom is 0.169 e. The van der Waals surface area contributed by atoms with E-state index in [2.05, 4.69) is 9.97 Å². The molecule has 1 aromatic carbocycles. The second-order valence-electron chi connectivity index (χ2n) is 4.21. The predicted molar refractivity (Wildman–Crippen MR) is 76.7 cm³/mol. The van der Waals surface area contributed by atoms with Gasteiger partial charge < -0.3 is 14.6 Å². The van der Waals surface area contributed by atoms with Crippen molar-refractivity contribution in [2.75, 3.05) is 0 Å². The molecule has 1 N–H and O–H groups in total. The zero-order chi connectivity index (χ0) is 14.5. The molecular weight excluding hydrogens is 268 g/mol. The summed E-state index contributed by atoms with van der Waals surface area (Å²) in [5, 5.41) is 9.99. The Morgan fingerprint density at radius 2 is 1.43 bits per heavy atom. The fourth-order valence-corrected chi connectivity index (χ4v) is 1.72. The van der Waals surface area contributed by atoms with Crippen LogP contribution in [-0.4, -0.2) is 15.1 Å². The largest absolute Gasteiger partial charge is 0.504 e. The van der Waals surface area contributed by atoms with Gasteiger partial charge in [0.2, 0.25) is 0 Å². The van der Waals surface area contributed by atoms with Gasteiger partial charge in [-0.05, 0) is 36.4 Å². The number of aromatic nitrogens is 2. The second kappa shape index (κ2) is 5.92. The number of aromatic hydroxyl groups is 1. The van der Waals surface area contributed by atoms with E-state index < -0.39 is 0 Å². The molecule has 0 spiro atoms. The maximum absolute atomic E-state index is 9.99. The minimum atomic E-state index is -0.0137. The van der Waals surface area contributed by atoms with E-state index in [1.807, 2.05) is 0 Å². The zero-order valence-corrected chi connectivity index (χ0v) is 11.0. The van der Waals surface area contributed by atoms with Crippen LogP contribution in [0.3, 0.4) is 0 Å². The molecule has 0 atom stereocenters. The van der Waals surface area contributed by atoms with Crippen LogP contribution in [0.4, 0.5) is 0 Å². The van der Waals surface area contributed by atoms with E-state index in [9.17, 15) is 5.11 Å². The molecule has 5 heteroatoms. The first kappa shape index (κ1) is 12.9. The van der Waals surface area contributed by atoms with Gasteiger partial charge in [-0.15, -0.1) is 0 Å². The van der Waals surface area contributed by atoms with Crippen LogP contribution in [0.2, 0.25) is 0 Å². The number of pyridine rings is 2. The van der Waals surface area contributed by atoms with Gasteiger partial charge in [0.05, 0.1) is 12.4 Å². The third kappa shape index (κ3) is 3.27. The molecule has 0 aliphatic rings. The summed E-state index contributed by atoms with van der Waals surface area (Å²) in [6.07, 6.45) is 6.48. The van der Waals surface area contributed by atoms with Gasteiger partial charge in [-0.3, -0.25) is 9.97 Å². The molecule has 0 saturated carbocycles. The van der Waals surface area contributed by atoms with Crippen LogP contribution >= 0.6 is 0 Å². The fourth-order valence-electron chi connectivity index (χ4n) is 1.72. The molecule has 2 aromatic heterocycles. The van der Waals surface area contributed by atoms with Crippen LogP contribution in [0, 0.1) is 0 Å². The summed E-state index contributed by atoms with van der Waals surface area (Å²) in [5.41, 5.74) is 0. The van der Waals surface area contributed by atoms with Crippen molar-refractivity contribution in [3.05, 3.63) is 67.3 Å². The molecule has 3 aromatic rings. The SMILES string of the molecule is Oc1cc(Oc2cccnc2)ccc1Oc1cccnc1. The highest BCUT2D eigenvalue weighted by atomic mass is 16.5. The molecule has 0 aliphatic carbocycles. The summed E-state index contributed by atoms with van der Waals surface area (Å²) in [4.78, 5) is 7.90. The van der Waals surface area contributed by atoms with Crippen molar-refractivity contribution in [2.45, 2.75) is 0 Å². The molecule has 104 valence electrons. The van der Waals surface area contributed by atoms with Crippen LogP contribution in [-0.2, 0) is 0 Å². The van der Waals surface area contributed by atoms with Crippen molar-refractivity contribution in [2.24, 2.45) is 0 Å². The number of rotatable bonds is 4. The summed E-state index contributed by atoms with van der Waals surface area (Å²) in [5.74, 6) is 1.97. The van der Waals surface area contributed by atoms with Crippen molar-refractivity contribution in [3.63, 3.8) is 0 Å². The lowest BCUT2D eigenvalue weighted by molar-refractivity contribution is 0.404. The van der Waals surface area contributed by atoms with Crippen LogP contribution < -0.4 is 9.47 Å². The van der Waals surface area contributed by atoms with Crippen molar-refractivity contribution >= 4 is 0 Å². The van der Waals surface area contributed by atoms with E-state index in [1.165, 1.54) is 6.07 Å². The first-order valence-corrected chi connectivity index (χ1v) is 6.30. The molecule has 0 unspecified atom stereocenters. The molecule has 21 heavy (non-hydrogen) atoms. The number of hydrogen-bond acceptors (Lipinski definition) is 5. The van der Waals surface area contributed by atoms with Gasteiger partial charge in [0.1, 0.15) is 17.2 Å². The van der Waals surface area contributed by atoms with Crippen molar-refractivity contribution in [1.29, 1.82) is 0 Å². The van der Waals surface area contributed by atoms with Gasteiger partial charge in [-0.2, -0.15) is 0 Å². The molecule has 0 amide bonds. The smallest absolute Gasteiger partial charge is 0.169 e. The monoisotopic (exact) mass is 280 g/mol. The Hall–Kier alpha value is -3.08. The molecule has 0 aliphatic heterocycles. The number of nitrogens with zero attached hydrogens (tertiary/aromatic N) is 2. The normalized spacial score (nSPS) is 10.1. The number of phenols is 1. The van der Waals surface area contributed by atoms with E-state index in [0.717, 1.165) is 0 Å². The number of phenolic OH excluding ortho intramolecular Hbond substituents is 1. The van der Waals surface area contributed by atoms with Crippen molar-refractivity contribution < 1.29 is 14.6 Å². The molecule has 5 nitrogen and oxygen atoms in total. The third-order valence-corrected chi connectivity index (χ3v) is 2.66. The predicted octanol–water partition coefficient (Wildman–Crippen LogP) is 3.77. The summed E-state index contributed by atoms with van der Waals surface area (Å²) >= 11 is 0. The van der Waals surface area contributed by atoms with Gasteiger partial charge >= 0.3 is 0 Å². The van der Waals surface area contributed by atoms with Gasteiger partial charge in [0.15, 0.2) is 11.5 Å². The van der Waals surface area contributed by atoms with E-state index in [4.69, 9.17) is 9.47 Å². The third-order valence-electron chi connectivity index (χ3n) is 2.66. The summed E-state index contributed by atoms with van der Waals surface area (Å²) in [6, 6.07) is 11.9. The van der Waals surface area contributed by atoms with Gasteiger partial charge in [0, 0.05) is 18.5 Å². The zero-order valence-electron chi connectivity index (χ0n) is 11.0. The lowest BCUT2D eigenvalue weighted by Crippen LogP contribution is -1.88. The highest BCUT2D eigenvalue weighted by Gasteiger charge is 2.07. The summed E-state index contributed by atoms with van der Waals surface area (Å²) < 4.78 is 11.1. The Bertz CT molecular complexity index is 718. The highest BCUT2D eigenvalue weighted by Crippen LogP contribution is 2.34. The average molecular weight is 280 g/mol. The fraction of sp³-hybridized carbons (Fsp3) is 0. The average Bonchev–Trinajstić information content (AvgIpc) is 2.52. The van der Waals surface area contributed by atoms with Crippen LogP contribution in [0.15, 0.2) is 67.3 Å². The molecule has 0 saturated heterocycles. The van der Waals surface area contributed by atoms with E-state index >= 15 is 0 Å². The second-order valence-corrected chi connectivity index (χ2v) is 4.21. The quantitative estimate of drug-likeness (QED) is 0.788. The lowest BCUT2D eigenvalue weighted by Gasteiger charge is -2.09. The minimum absolute atomic E-state index is 0.0137. The lowest BCUT2D eigenvalue weighted by atomic mass is 10.3. The van der Waals surface area contributed by atoms with Crippen molar-refractivity contribution in [3.8, 4) is 28.7 Å². The molecule has 0 bridgehead atoms. The molecule has 0 radical (unpaired) electrons. The number of hydrogen-bond donors (Lipinski definition) is 1. The highest BCUT2D eigenvalue weighted by molar-refractivity contribution is 5.47. The number of benzene rings is 1. The van der Waals surface area contributed by atoms with E-state index in [1.54, 1.807) is 61.2 Å². The standard InChI is InChI=1S/C16H12N2O3/c19-15-9-12(20-13-3-1-7-17-10-13)5-6-16(15)21-14-4-2-8-18-11-14/h1-11,19H. The summed E-state index contributed by atoms with van der Waals surface area (Å²) in [6.45, 7) is 0. The molecule has 3 rings (SSSR count). The van der Waals surface area contributed by atoms with Crippen LogP contribution in [0.5, 0.6) is 28.7 Å². The summed E-state index contributed by atoms with van der Waals surface area (Å²) in [7, 11) is 0. The number of ether oxygens (including phenoxy) is 2. The van der Waals surface area contributed by atoms with Crippen LogP contribution in [0.1, 0.15) is 0 Å². The Kier molecular flexibility index (Phi) is 3.64. The van der Waals surface area contributed by atoms with Crippen molar-refractivity contribution in [1.82, 2.24) is 9.97 Å². The molecule has 2 heterocycles. The molecular formula is C16H12N2O3. The first-order chi connectivity index (χ1) is 10.3. The molecule has 0 fully saturated rings. The Morgan fingerprint density at radius 3 is 2.00 bits per heavy atom. The topological polar surface area (TPSA) is 64.5 Å². The minimum Gasteiger partial charge on any atom is -0.504 e. The Morgan fingerprint density at radius 1 is 0.762 bits per heavy atom. The van der Waals surface area contributed by atoms with Gasteiger partial charge in [0.25, 0.3) is 0 Å². The van der Waals surface area contributed by atoms with E-state index in [0.29, 0.717) is 23.0 Å². The van der Waals surface area contributed by atoms with E-state index in [-0.39, 0.29) is 5.75 Å². The van der Waals surface area contributed by atoms with Gasteiger partial charge in [-0.25, -0.2) is 0 Å². The van der Waals surface area contributed by atoms with Gasteiger partial charge in [-0.1, -0.05) is 0 Å². The van der Waals surface area contributed by atoms with Crippen LogP contribution in [0.25, 0.3) is 0 Å².